The Kier molecular flexibility index (Phi) is 11.9. The first-order valence-electron chi connectivity index (χ1n) is 21.3. The summed E-state index contributed by atoms with van der Waals surface area (Å²) in [5.41, 5.74) is 6.51. The molecule has 6 atom stereocenters. The molecule has 0 bridgehead atoms. The highest BCUT2D eigenvalue weighted by Crippen LogP contribution is 2.44. The van der Waals surface area contributed by atoms with Crippen LogP contribution < -0.4 is 15.4 Å². The van der Waals surface area contributed by atoms with E-state index >= 15 is 0 Å². The second-order valence-electron chi connectivity index (χ2n) is 17.6. The van der Waals surface area contributed by atoms with Gasteiger partial charge in [-0.15, -0.1) is 0 Å². The van der Waals surface area contributed by atoms with Gasteiger partial charge in [0.1, 0.15) is 36.1 Å². The molecule has 3 aromatic carbocycles. The van der Waals surface area contributed by atoms with Crippen molar-refractivity contribution in [3.63, 3.8) is 0 Å². The number of hydrogen-bond donors (Lipinski definition) is 4. The average molecular weight is 849 g/mol. The zero-order chi connectivity index (χ0) is 44.0. The fraction of sp³-hybridized carbons (Fsp3) is 0.478. The van der Waals surface area contributed by atoms with Crippen LogP contribution in [0.4, 0.5) is 9.59 Å². The van der Waals surface area contributed by atoms with Crippen molar-refractivity contribution in [1.29, 1.82) is 0 Å². The van der Waals surface area contributed by atoms with E-state index in [9.17, 15) is 19.2 Å². The average Bonchev–Trinajstić information content (AvgIpc) is 4.09. The van der Waals surface area contributed by atoms with Crippen LogP contribution in [0.15, 0.2) is 48.7 Å². The van der Waals surface area contributed by atoms with Gasteiger partial charge in [-0.2, -0.15) is 0 Å². The summed E-state index contributed by atoms with van der Waals surface area (Å²) in [7, 11) is 4.24. The number of amides is 4. The zero-order valence-corrected chi connectivity index (χ0v) is 36.5. The highest BCUT2D eigenvalue weighted by atomic mass is 16.5. The number of carbonyl (C=O) groups excluding carboxylic acids is 4. The lowest BCUT2D eigenvalue weighted by atomic mass is 9.92. The molecule has 0 saturated carbocycles. The number of likely N-dealkylation sites (tertiary alicyclic amines) is 2. The molecule has 0 radical (unpaired) electrons. The molecule has 8 rings (SSSR count). The number of fused-ring (bicyclic) bond motifs is 6. The molecule has 4 amide bonds. The van der Waals surface area contributed by atoms with Crippen LogP contribution in [-0.4, -0.2) is 107 Å². The molecule has 1 unspecified atom stereocenters. The number of ether oxygens (including phenoxy) is 4. The first-order chi connectivity index (χ1) is 29.8. The van der Waals surface area contributed by atoms with Crippen molar-refractivity contribution in [2.45, 2.75) is 78.2 Å². The van der Waals surface area contributed by atoms with E-state index < -0.39 is 24.3 Å². The monoisotopic (exact) mass is 848 g/mol. The quantitative estimate of drug-likeness (QED) is 0.109. The summed E-state index contributed by atoms with van der Waals surface area (Å²) in [5, 5.41) is 7.42. The van der Waals surface area contributed by atoms with Crippen LogP contribution in [0.25, 0.3) is 44.2 Å². The van der Waals surface area contributed by atoms with Crippen LogP contribution in [0.1, 0.15) is 76.8 Å². The predicted molar refractivity (Wildman–Crippen MR) is 232 cm³/mol. The lowest BCUT2D eigenvalue weighted by Crippen LogP contribution is -2.51. The van der Waals surface area contributed by atoms with Gasteiger partial charge < -0.3 is 49.3 Å². The Bertz CT molecular complexity index is 2510. The van der Waals surface area contributed by atoms with E-state index in [1.165, 1.54) is 14.2 Å². The molecular formula is C46H56N8O8. The minimum atomic E-state index is -0.762. The molecule has 3 aliphatic heterocycles. The smallest absolute Gasteiger partial charge is 0.407 e. The minimum Gasteiger partial charge on any atom is -0.488 e. The van der Waals surface area contributed by atoms with Crippen LogP contribution in [-0.2, 0) is 30.4 Å². The fourth-order valence-electron chi connectivity index (χ4n) is 9.38. The maximum Gasteiger partial charge on any atom is 0.407 e. The van der Waals surface area contributed by atoms with Crippen LogP contribution in [0, 0.1) is 23.7 Å². The molecule has 5 aromatic rings. The summed E-state index contributed by atoms with van der Waals surface area (Å²) < 4.78 is 21.6. The summed E-state index contributed by atoms with van der Waals surface area (Å²) in [6.45, 7) is 11.6. The molecule has 16 nitrogen and oxygen atoms in total. The third kappa shape index (κ3) is 8.03. The number of aromatic amines is 2. The Labute approximate surface area is 360 Å². The van der Waals surface area contributed by atoms with Crippen LogP contribution in [0.2, 0.25) is 0 Å². The third-order valence-electron chi connectivity index (χ3n) is 12.6. The van der Waals surface area contributed by atoms with Crippen LogP contribution >= 0.6 is 0 Å². The highest BCUT2D eigenvalue weighted by molar-refractivity contribution is 6.07. The van der Waals surface area contributed by atoms with Gasteiger partial charge in [-0.05, 0) is 76.9 Å². The maximum absolute atomic E-state index is 14.1. The van der Waals surface area contributed by atoms with Gasteiger partial charge in [-0.25, -0.2) is 19.6 Å². The number of aromatic nitrogens is 4. The molecule has 0 aliphatic carbocycles. The second kappa shape index (κ2) is 17.3. The number of rotatable bonds is 11. The Hall–Kier alpha value is -6.16. The Balaban J connectivity index is 1.05. The third-order valence-corrected chi connectivity index (χ3v) is 12.6. The lowest BCUT2D eigenvalue weighted by molar-refractivity contribution is -0.136. The van der Waals surface area contributed by atoms with Gasteiger partial charge in [0.25, 0.3) is 0 Å². The first-order valence-corrected chi connectivity index (χ1v) is 21.3. The van der Waals surface area contributed by atoms with Gasteiger partial charge in [-0.1, -0.05) is 52.8 Å². The molecule has 5 heterocycles. The molecule has 16 heteroatoms. The SMILES string of the molecule is COC[C@H]1CC(c2nc3ccc4cc5c(cc4c3[nH]2)OCc2cc(-c3cnc([C@@H]4C[C@H](C)CN4C(=O)[C@@H](NC(=O)OC)C(C)C)[nH]3)ccc2-5)N(C(=O)[C@@H](NC(=O)OC)C(C)C)C1. The largest absolute Gasteiger partial charge is 0.488 e. The van der Waals surface area contributed by atoms with Gasteiger partial charge in [-0.3, -0.25) is 9.59 Å². The van der Waals surface area contributed by atoms with Gasteiger partial charge in [0, 0.05) is 37.1 Å². The van der Waals surface area contributed by atoms with Crippen LogP contribution in [0.5, 0.6) is 5.75 Å². The minimum absolute atomic E-state index is 0.0964. The summed E-state index contributed by atoms with van der Waals surface area (Å²) in [5.74, 6) is 1.86. The number of nitrogens with zero attached hydrogens (tertiary/aromatic N) is 4. The molecule has 2 aromatic heterocycles. The number of imidazole rings is 2. The number of benzene rings is 3. The maximum atomic E-state index is 14.1. The Morgan fingerprint density at radius 3 is 2.16 bits per heavy atom. The summed E-state index contributed by atoms with van der Waals surface area (Å²) in [6, 6.07) is 12.5. The number of carbonyl (C=O) groups is 4. The van der Waals surface area contributed by atoms with E-state index in [1.54, 1.807) is 7.11 Å². The van der Waals surface area contributed by atoms with Gasteiger partial charge in [0.15, 0.2) is 0 Å². The van der Waals surface area contributed by atoms with Crippen molar-refractivity contribution < 1.29 is 38.1 Å². The van der Waals surface area contributed by atoms with E-state index in [1.807, 2.05) is 49.8 Å². The number of hydrogen-bond acceptors (Lipinski definition) is 10. The van der Waals surface area contributed by atoms with Crippen molar-refractivity contribution in [2.75, 3.05) is 41.0 Å². The van der Waals surface area contributed by atoms with Crippen molar-refractivity contribution in [1.82, 2.24) is 40.4 Å². The molecule has 2 fully saturated rings. The van der Waals surface area contributed by atoms with Gasteiger partial charge >= 0.3 is 12.2 Å². The molecule has 3 aliphatic rings. The van der Waals surface area contributed by atoms with E-state index in [-0.39, 0.29) is 47.6 Å². The summed E-state index contributed by atoms with van der Waals surface area (Å²) >= 11 is 0. The molecule has 62 heavy (non-hydrogen) atoms. The molecule has 0 spiro atoms. The first kappa shape index (κ1) is 42.5. The van der Waals surface area contributed by atoms with Crippen molar-refractivity contribution >= 4 is 45.8 Å². The summed E-state index contributed by atoms with van der Waals surface area (Å²) in [6.07, 6.45) is 1.93. The molecule has 2 saturated heterocycles. The number of H-pyrrole nitrogens is 2. The van der Waals surface area contributed by atoms with E-state index in [2.05, 4.69) is 63.9 Å². The molecule has 328 valence electrons. The lowest BCUT2D eigenvalue weighted by Gasteiger charge is -2.30. The topological polar surface area (TPSA) is 193 Å². The van der Waals surface area contributed by atoms with E-state index in [0.29, 0.717) is 44.4 Å². The van der Waals surface area contributed by atoms with Gasteiger partial charge in [0.2, 0.25) is 11.8 Å². The number of nitrogens with one attached hydrogen (secondary N) is 4. The highest BCUT2D eigenvalue weighted by Gasteiger charge is 2.42. The number of methoxy groups -OCH3 is 3. The normalized spacial score (nSPS) is 20.5. The van der Waals surface area contributed by atoms with Crippen molar-refractivity contribution in [3.8, 4) is 28.1 Å². The van der Waals surface area contributed by atoms with Gasteiger partial charge in [0.05, 0.1) is 55.8 Å². The van der Waals surface area contributed by atoms with E-state index in [4.69, 9.17) is 28.9 Å². The molecule has 4 N–H and O–H groups in total. The fourth-order valence-corrected chi connectivity index (χ4v) is 9.38. The van der Waals surface area contributed by atoms with Crippen LogP contribution in [0.3, 0.4) is 0 Å². The Morgan fingerprint density at radius 1 is 0.823 bits per heavy atom. The Morgan fingerprint density at radius 2 is 1.50 bits per heavy atom. The predicted octanol–water partition coefficient (Wildman–Crippen LogP) is 6.87. The summed E-state index contributed by atoms with van der Waals surface area (Å²) in [4.78, 5) is 72.7. The molecular weight excluding hydrogens is 793 g/mol. The number of alkyl carbamates (subject to hydrolysis) is 2. The van der Waals surface area contributed by atoms with Crippen molar-refractivity contribution in [3.05, 3.63) is 65.9 Å². The van der Waals surface area contributed by atoms with Crippen molar-refractivity contribution in [2.24, 2.45) is 23.7 Å². The second-order valence-corrected chi connectivity index (χ2v) is 17.6. The zero-order valence-electron chi connectivity index (χ0n) is 36.5. The standard InChI is InChI=1S/C46H56N8O8/c1-23(2)38(51-45(57)60-7)43(55)53-19-25(5)13-35(53)41-47-18-34(49-41)28-9-11-30-29(15-28)22-62-37-17-31-27(16-32(30)37)10-12-33-40(31)50-42(48-33)36-14-26(21-59-6)20-54(36)44(56)39(24(3)4)52-46(58)61-8/h9-12,15-18,23-26,35-36,38-39H,13-14,19-22H2,1-8H3,(H,47,49)(H,48,50)(H,51,57)(H,52,58)/t25-,26-,35-,36?,38-,39-/m0/s1. The van der Waals surface area contributed by atoms with E-state index in [0.717, 1.165) is 61.9 Å².